The Labute approximate surface area is 172 Å². The van der Waals surface area contributed by atoms with Gasteiger partial charge < -0.3 is 10.2 Å². The third-order valence-electron chi connectivity index (χ3n) is 4.57. The van der Waals surface area contributed by atoms with E-state index in [0.717, 1.165) is 17.3 Å². The van der Waals surface area contributed by atoms with E-state index in [1.165, 1.54) is 6.08 Å². The molecule has 1 aromatic carbocycles. The Morgan fingerprint density at radius 3 is 2.86 bits per heavy atom. The zero-order valence-corrected chi connectivity index (χ0v) is 16.7. The summed E-state index contributed by atoms with van der Waals surface area (Å²) in [5, 5.41) is 11.9. The Kier molecular flexibility index (Phi) is 6.56. The van der Waals surface area contributed by atoms with Gasteiger partial charge in [-0.05, 0) is 58.6 Å². The van der Waals surface area contributed by atoms with Crippen molar-refractivity contribution in [1.29, 1.82) is 5.26 Å². The molecule has 3 rings (SSSR count). The second-order valence-corrected chi connectivity index (χ2v) is 7.42. The highest BCUT2D eigenvalue weighted by Gasteiger charge is 2.27. The van der Waals surface area contributed by atoms with Crippen LogP contribution in [-0.2, 0) is 9.59 Å². The number of amides is 2. The van der Waals surface area contributed by atoms with Crippen LogP contribution in [0.25, 0.3) is 6.08 Å². The van der Waals surface area contributed by atoms with Crippen molar-refractivity contribution in [3.63, 3.8) is 0 Å². The van der Waals surface area contributed by atoms with E-state index in [1.54, 1.807) is 41.4 Å². The lowest BCUT2D eigenvalue weighted by Crippen LogP contribution is -2.43. The van der Waals surface area contributed by atoms with Crippen LogP contribution in [0.15, 0.2) is 53.1 Å². The monoisotopic (exact) mass is 438 g/mol. The molecule has 0 saturated carbocycles. The fourth-order valence-corrected chi connectivity index (χ4v) is 3.31. The van der Waals surface area contributed by atoms with E-state index in [2.05, 4.69) is 32.3 Å². The van der Waals surface area contributed by atoms with E-state index in [-0.39, 0.29) is 17.7 Å². The minimum atomic E-state index is -0.275. The highest BCUT2D eigenvalue weighted by atomic mass is 79.9. The number of benzene rings is 1. The molecule has 1 aliphatic rings. The van der Waals surface area contributed by atoms with Gasteiger partial charge in [0.1, 0.15) is 5.82 Å². The van der Waals surface area contributed by atoms with Gasteiger partial charge in [0.25, 0.3) is 0 Å². The number of anilines is 1. The van der Waals surface area contributed by atoms with Crippen LogP contribution in [0.1, 0.15) is 24.0 Å². The first-order valence-corrected chi connectivity index (χ1v) is 9.74. The quantitative estimate of drug-likeness (QED) is 0.738. The maximum Gasteiger partial charge on any atom is 0.246 e. The molecule has 6 nitrogen and oxygen atoms in total. The molecule has 1 aliphatic heterocycles. The van der Waals surface area contributed by atoms with Crippen molar-refractivity contribution in [2.24, 2.45) is 5.92 Å². The van der Waals surface area contributed by atoms with Gasteiger partial charge in [-0.1, -0.05) is 18.2 Å². The van der Waals surface area contributed by atoms with Crippen molar-refractivity contribution < 1.29 is 9.59 Å². The first-order valence-electron chi connectivity index (χ1n) is 8.95. The summed E-state index contributed by atoms with van der Waals surface area (Å²) >= 11 is 3.31. The molecule has 1 atom stereocenters. The summed E-state index contributed by atoms with van der Waals surface area (Å²) in [5.41, 5.74) is 1.22. The lowest BCUT2D eigenvalue weighted by molar-refractivity contribution is -0.130. The second-order valence-electron chi connectivity index (χ2n) is 6.51. The molecule has 1 N–H and O–H groups in total. The zero-order valence-electron chi connectivity index (χ0n) is 15.1. The van der Waals surface area contributed by atoms with Gasteiger partial charge in [0, 0.05) is 29.8 Å². The third-order valence-corrected chi connectivity index (χ3v) is 5.04. The van der Waals surface area contributed by atoms with Crippen molar-refractivity contribution in [3.8, 4) is 6.07 Å². The van der Waals surface area contributed by atoms with Gasteiger partial charge in [0.2, 0.25) is 11.8 Å². The van der Waals surface area contributed by atoms with E-state index < -0.39 is 0 Å². The molecular formula is C21H19BrN4O2. The first kappa shape index (κ1) is 19.8. The summed E-state index contributed by atoms with van der Waals surface area (Å²) in [6.07, 6.45) is 6.23. The van der Waals surface area contributed by atoms with Gasteiger partial charge in [0.15, 0.2) is 0 Å². The van der Waals surface area contributed by atoms with E-state index in [9.17, 15) is 9.59 Å². The van der Waals surface area contributed by atoms with E-state index in [4.69, 9.17) is 5.26 Å². The second kappa shape index (κ2) is 9.29. The van der Waals surface area contributed by atoms with Gasteiger partial charge in [0.05, 0.1) is 17.6 Å². The number of pyridine rings is 1. The number of carbonyl (C=O) groups excluding carboxylic acids is 2. The molecular weight excluding hydrogens is 420 g/mol. The molecule has 7 heteroatoms. The third kappa shape index (κ3) is 5.05. The summed E-state index contributed by atoms with van der Waals surface area (Å²) in [5.74, 6) is -0.0780. The number of aromatic nitrogens is 1. The Morgan fingerprint density at radius 2 is 2.11 bits per heavy atom. The fourth-order valence-electron chi connectivity index (χ4n) is 3.08. The van der Waals surface area contributed by atoms with Crippen LogP contribution >= 0.6 is 15.9 Å². The maximum atomic E-state index is 12.5. The lowest BCUT2D eigenvalue weighted by Gasteiger charge is -2.31. The fraction of sp³-hybridized carbons (Fsp3) is 0.238. The smallest absolute Gasteiger partial charge is 0.246 e. The Morgan fingerprint density at radius 1 is 1.29 bits per heavy atom. The van der Waals surface area contributed by atoms with Gasteiger partial charge in [-0.2, -0.15) is 5.26 Å². The number of nitrogens with zero attached hydrogens (tertiary/aromatic N) is 3. The molecule has 0 radical (unpaired) electrons. The van der Waals surface area contributed by atoms with Crippen molar-refractivity contribution in [3.05, 3.63) is 64.3 Å². The number of hydrogen-bond acceptors (Lipinski definition) is 4. The highest BCUT2D eigenvalue weighted by molar-refractivity contribution is 9.10. The number of hydrogen-bond donors (Lipinski definition) is 1. The van der Waals surface area contributed by atoms with Gasteiger partial charge in [-0.25, -0.2) is 4.98 Å². The number of halogens is 1. The maximum absolute atomic E-state index is 12.5. The SMILES string of the molecule is N#Cc1ccccc1/C=C/C(=O)N1CCCC(C(=O)Nc2ccc(Br)cn2)C1. The standard InChI is InChI=1S/C21H19BrN4O2/c22-18-8-9-19(24-13-18)25-21(28)17-6-3-11-26(14-17)20(27)10-7-15-4-1-2-5-16(15)12-23/h1-2,4-5,7-10,13,17H,3,6,11,14H2,(H,24,25,28)/b10-7+. The van der Waals surface area contributed by atoms with Crippen LogP contribution in [0.5, 0.6) is 0 Å². The predicted molar refractivity (Wildman–Crippen MR) is 110 cm³/mol. The lowest BCUT2D eigenvalue weighted by atomic mass is 9.97. The predicted octanol–water partition coefficient (Wildman–Crippen LogP) is 3.61. The van der Waals surface area contributed by atoms with Crippen LogP contribution < -0.4 is 5.32 Å². The van der Waals surface area contributed by atoms with Crippen molar-refractivity contribution in [2.75, 3.05) is 18.4 Å². The molecule has 142 valence electrons. The molecule has 1 unspecified atom stereocenters. The summed E-state index contributed by atoms with van der Waals surface area (Å²) < 4.78 is 0.838. The summed E-state index contributed by atoms with van der Waals surface area (Å²) in [7, 11) is 0. The van der Waals surface area contributed by atoms with E-state index >= 15 is 0 Å². The largest absolute Gasteiger partial charge is 0.338 e. The average Bonchev–Trinajstić information content (AvgIpc) is 2.74. The molecule has 28 heavy (non-hydrogen) atoms. The highest BCUT2D eigenvalue weighted by Crippen LogP contribution is 2.20. The molecule has 1 fully saturated rings. The molecule has 2 amide bonds. The molecule has 0 bridgehead atoms. The summed E-state index contributed by atoms with van der Waals surface area (Å²) in [6.45, 7) is 0.981. The molecule has 2 heterocycles. The summed E-state index contributed by atoms with van der Waals surface area (Å²) in [4.78, 5) is 30.9. The Balaban J connectivity index is 1.61. The van der Waals surface area contributed by atoms with Crippen LogP contribution in [-0.4, -0.2) is 34.8 Å². The van der Waals surface area contributed by atoms with Crippen molar-refractivity contribution in [1.82, 2.24) is 9.88 Å². The Bertz CT molecular complexity index is 934. The van der Waals surface area contributed by atoms with E-state index in [0.29, 0.717) is 30.0 Å². The van der Waals surface area contributed by atoms with Gasteiger partial charge >= 0.3 is 0 Å². The number of likely N-dealkylation sites (tertiary alicyclic amines) is 1. The number of nitrogens with one attached hydrogen (secondary N) is 1. The van der Waals surface area contributed by atoms with E-state index in [1.807, 2.05) is 12.1 Å². The van der Waals surface area contributed by atoms with Crippen LogP contribution in [0.3, 0.4) is 0 Å². The number of piperidine rings is 1. The minimum absolute atomic E-state index is 0.133. The minimum Gasteiger partial charge on any atom is -0.338 e. The normalized spacial score (nSPS) is 16.6. The summed E-state index contributed by atoms with van der Waals surface area (Å²) in [6, 6.07) is 12.8. The van der Waals surface area contributed by atoms with Crippen LogP contribution in [0, 0.1) is 17.2 Å². The molecule has 0 spiro atoms. The van der Waals surface area contributed by atoms with Gasteiger partial charge in [-0.15, -0.1) is 0 Å². The van der Waals surface area contributed by atoms with Crippen molar-refractivity contribution >= 4 is 39.6 Å². The molecule has 1 aromatic heterocycles. The van der Waals surface area contributed by atoms with Crippen molar-refractivity contribution in [2.45, 2.75) is 12.8 Å². The number of nitriles is 1. The van der Waals surface area contributed by atoms with Gasteiger partial charge in [-0.3, -0.25) is 9.59 Å². The zero-order chi connectivity index (χ0) is 19.9. The molecule has 2 aromatic rings. The topological polar surface area (TPSA) is 86.1 Å². The Hall–Kier alpha value is -2.98. The first-order chi connectivity index (χ1) is 13.6. The molecule has 0 aliphatic carbocycles. The van der Waals surface area contributed by atoms with Crippen LogP contribution in [0.2, 0.25) is 0 Å². The number of rotatable bonds is 4. The average molecular weight is 439 g/mol. The van der Waals surface area contributed by atoms with Crippen LogP contribution in [0.4, 0.5) is 5.82 Å². The molecule has 1 saturated heterocycles. The number of carbonyl (C=O) groups is 2.